The number of hydrogen-bond donors (Lipinski definition) is 1. The Hall–Kier alpha value is -1.09. The molecule has 0 saturated carbocycles. The molecule has 1 rings (SSSR count). The highest BCUT2D eigenvalue weighted by Gasteiger charge is 2.21. The number of rotatable bonds is 6. The summed E-state index contributed by atoms with van der Waals surface area (Å²) in [5.74, 6) is 1.43. The molecule has 0 bridgehead atoms. The standard InChI is InChI=1S/C15H23NOS/c1-11(2)12-7-5-6-8-13(12)17-10-9-15(3,4)14(16)18/h5-8,11H,9-10H2,1-4H3,(H2,16,18). The fourth-order valence-electron chi connectivity index (χ4n) is 1.63. The van der Waals surface area contributed by atoms with Crippen LogP contribution in [0.3, 0.4) is 0 Å². The number of thiocarbonyl (C=S) groups is 1. The minimum atomic E-state index is -0.151. The molecule has 0 aliphatic rings. The van der Waals surface area contributed by atoms with Crippen molar-refractivity contribution in [2.24, 2.45) is 11.1 Å². The van der Waals surface area contributed by atoms with E-state index in [-0.39, 0.29) is 5.41 Å². The van der Waals surface area contributed by atoms with Gasteiger partial charge in [0.1, 0.15) is 5.75 Å². The van der Waals surface area contributed by atoms with E-state index >= 15 is 0 Å². The molecular formula is C15H23NOS. The molecular weight excluding hydrogens is 242 g/mol. The number of hydrogen-bond acceptors (Lipinski definition) is 2. The molecule has 0 spiro atoms. The van der Waals surface area contributed by atoms with Crippen molar-refractivity contribution in [1.29, 1.82) is 0 Å². The Morgan fingerprint density at radius 3 is 2.50 bits per heavy atom. The molecule has 2 N–H and O–H groups in total. The van der Waals surface area contributed by atoms with Gasteiger partial charge in [-0.25, -0.2) is 0 Å². The monoisotopic (exact) mass is 265 g/mol. The Bertz CT molecular complexity index is 413. The first kappa shape index (κ1) is 15.0. The van der Waals surface area contributed by atoms with Crippen LogP contribution in [0.25, 0.3) is 0 Å². The molecule has 0 heterocycles. The van der Waals surface area contributed by atoms with Gasteiger partial charge in [0.15, 0.2) is 0 Å². The minimum Gasteiger partial charge on any atom is -0.493 e. The Balaban J connectivity index is 2.62. The summed E-state index contributed by atoms with van der Waals surface area (Å²) in [7, 11) is 0. The molecule has 1 aromatic carbocycles. The van der Waals surface area contributed by atoms with Crippen LogP contribution in [0.15, 0.2) is 24.3 Å². The van der Waals surface area contributed by atoms with Crippen molar-refractivity contribution in [2.45, 2.75) is 40.0 Å². The lowest BCUT2D eigenvalue weighted by atomic mass is 9.90. The van der Waals surface area contributed by atoms with Crippen molar-refractivity contribution in [3.63, 3.8) is 0 Å². The molecule has 0 amide bonds. The molecule has 1 aromatic rings. The molecule has 0 saturated heterocycles. The summed E-state index contributed by atoms with van der Waals surface area (Å²) in [6, 6.07) is 8.17. The molecule has 0 aliphatic heterocycles. The van der Waals surface area contributed by atoms with Crippen LogP contribution in [0.1, 0.15) is 45.6 Å². The summed E-state index contributed by atoms with van der Waals surface area (Å²) < 4.78 is 5.87. The molecule has 0 aromatic heterocycles. The second-order valence-corrected chi connectivity index (χ2v) is 5.98. The summed E-state index contributed by atoms with van der Waals surface area (Å²) in [6.07, 6.45) is 0.828. The number of ether oxygens (including phenoxy) is 1. The Morgan fingerprint density at radius 1 is 1.33 bits per heavy atom. The highest BCUT2D eigenvalue weighted by molar-refractivity contribution is 7.80. The lowest BCUT2D eigenvalue weighted by Crippen LogP contribution is -2.31. The Kier molecular flexibility index (Phi) is 5.15. The first-order chi connectivity index (χ1) is 8.34. The molecule has 3 heteroatoms. The van der Waals surface area contributed by atoms with Crippen LogP contribution >= 0.6 is 12.2 Å². The largest absolute Gasteiger partial charge is 0.493 e. The van der Waals surface area contributed by atoms with E-state index in [1.807, 2.05) is 32.0 Å². The van der Waals surface area contributed by atoms with Crippen molar-refractivity contribution in [1.82, 2.24) is 0 Å². The second kappa shape index (κ2) is 6.19. The molecule has 0 aliphatic carbocycles. The van der Waals surface area contributed by atoms with Gasteiger partial charge in [0.25, 0.3) is 0 Å². The topological polar surface area (TPSA) is 35.2 Å². The second-order valence-electron chi connectivity index (χ2n) is 5.54. The third-order valence-corrected chi connectivity index (χ3v) is 3.75. The maximum atomic E-state index is 5.87. The van der Waals surface area contributed by atoms with Gasteiger partial charge in [-0.3, -0.25) is 0 Å². The highest BCUT2D eigenvalue weighted by atomic mass is 32.1. The van der Waals surface area contributed by atoms with Crippen molar-refractivity contribution in [2.75, 3.05) is 6.61 Å². The normalized spacial score (nSPS) is 11.6. The molecule has 100 valence electrons. The van der Waals surface area contributed by atoms with Crippen molar-refractivity contribution in [3.05, 3.63) is 29.8 Å². The predicted molar refractivity (Wildman–Crippen MR) is 81.2 cm³/mol. The predicted octanol–water partition coefficient (Wildman–Crippen LogP) is 3.89. The molecule has 0 unspecified atom stereocenters. The van der Waals surface area contributed by atoms with Gasteiger partial charge in [0.05, 0.1) is 11.6 Å². The van der Waals surface area contributed by atoms with Crippen LogP contribution in [-0.4, -0.2) is 11.6 Å². The summed E-state index contributed by atoms with van der Waals surface area (Å²) >= 11 is 5.05. The summed E-state index contributed by atoms with van der Waals surface area (Å²) in [6.45, 7) is 9.07. The van der Waals surface area contributed by atoms with E-state index < -0.39 is 0 Å². The summed E-state index contributed by atoms with van der Waals surface area (Å²) in [5, 5.41) is 0. The molecule has 0 fully saturated rings. The zero-order valence-corrected chi connectivity index (χ0v) is 12.5. The lowest BCUT2D eigenvalue weighted by Gasteiger charge is -2.23. The zero-order chi connectivity index (χ0) is 13.8. The van der Waals surface area contributed by atoms with E-state index in [1.54, 1.807) is 0 Å². The fourth-order valence-corrected chi connectivity index (χ4v) is 1.73. The number of nitrogens with two attached hydrogens (primary N) is 1. The van der Waals surface area contributed by atoms with E-state index in [2.05, 4.69) is 19.9 Å². The molecule has 2 nitrogen and oxygen atoms in total. The van der Waals surface area contributed by atoms with Crippen LogP contribution < -0.4 is 10.5 Å². The van der Waals surface area contributed by atoms with Gasteiger partial charge in [0, 0.05) is 5.41 Å². The Labute approximate surface area is 116 Å². The SMILES string of the molecule is CC(C)c1ccccc1OCCC(C)(C)C(N)=S. The number of para-hydroxylation sites is 1. The van der Waals surface area contributed by atoms with Crippen LogP contribution in [0.2, 0.25) is 0 Å². The number of benzene rings is 1. The van der Waals surface area contributed by atoms with Gasteiger partial charge in [-0.1, -0.05) is 58.1 Å². The van der Waals surface area contributed by atoms with Crippen LogP contribution in [0.5, 0.6) is 5.75 Å². The maximum absolute atomic E-state index is 5.87. The lowest BCUT2D eigenvalue weighted by molar-refractivity contribution is 0.267. The molecule has 0 radical (unpaired) electrons. The maximum Gasteiger partial charge on any atom is 0.122 e. The van der Waals surface area contributed by atoms with E-state index in [4.69, 9.17) is 22.7 Å². The average molecular weight is 265 g/mol. The van der Waals surface area contributed by atoms with Crippen molar-refractivity contribution >= 4 is 17.2 Å². The third-order valence-electron chi connectivity index (χ3n) is 3.19. The summed E-state index contributed by atoms with van der Waals surface area (Å²) in [4.78, 5) is 0.545. The fraction of sp³-hybridized carbons (Fsp3) is 0.533. The highest BCUT2D eigenvalue weighted by Crippen LogP contribution is 2.27. The smallest absolute Gasteiger partial charge is 0.122 e. The van der Waals surface area contributed by atoms with E-state index in [0.29, 0.717) is 17.5 Å². The van der Waals surface area contributed by atoms with Crippen LogP contribution in [0.4, 0.5) is 0 Å². The van der Waals surface area contributed by atoms with Gasteiger partial charge in [-0.15, -0.1) is 0 Å². The quantitative estimate of drug-likeness (QED) is 0.793. The summed E-state index contributed by atoms with van der Waals surface area (Å²) in [5.41, 5.74) is 6.79. The third kappa shape index (κ3) is 3.98. The first-order valence-electron chi connectivity index (χ1n) is 6.36. The van der Waals surface area contributed by atoms with Crippen molar-refractivity contribution in [3.8, 4) is 5.75 Å². The first-order valence-corrected chi connectivity index (χ1v) is 6.77. The van der Waals surface area contributed by atoms with Gasteiger partial charge in [0.2, 0.25) is 0 Å². The van der Waals surface area contributed by atoms with Crippen LogP contribution in [-0.2, 0) is 0 Å². The van der Waals surface area contributed by atoms with Gasteiger partial charge < -0.3 is 10.5 Å². The molecule has 0 atom stereocenters. The van der Waals surface area contributed by atoms with E-state index in [9.17, 15) is 0 Å². The van der Waals surface area contributed by atoms with Gasteiger partial charge >= 0.3 is 0 Å². The minimum absolute atomic E-state index is 0.151. The van der Waals surface area contributed by atoms with Gasteiger partial charge in [-0.2, -0.15) is 0 Å². The van der Waals surface area contributed by atoms with E-state index in [1.165, 1.54) is 5.56 Å². The van der Waals surface area contributed by atoms with Crippen LogP contribution in [0, 0.1) is 5.41 Å². The molecule has 18 heavy (non-hydrogen) atoms. The average Bonchev–Trinajstić information content (AvgIpc) is 2.29. The van der Waals surface area contributed by atoms with E-state index in [0.717, 1.165) is 12.2 Å². The van der Waals surface area contributed by atoms with Gasteiger partial charge in [-0.05, 0) is 24.0 Å². The zero-order valence-electron chi connectivity index (χ0n) is 11.7. The van der Waals surface area contributed by atoms with Crippen molar-refractivity contribution < 1.29 is 4.74 Å². The Morgan fingerprint density at radius 2 is 1.94 bits per heavy atom.